The molecule has 1 aliphatic carbocycles. The van der Waals surface area contributed by atoms with Gasteiger partial charge < -0.3 is 0 Å². The summed E-state index contributed by atoms with van der Waals surface area (Å²) < 4.78 is 0. The molecule has 1 heteroatoms. The molecule has 0 spiro atoms. The Hall–Kier alpha value is -0.590. The van der Waals surface area contributed by atoms with Gasteiger partial charge >= 0.3 is 0 Å². The van der Waals surface area contributed by atoms with Gasteiger partial charge in [-0.15, -0.1) is 6.58 Å². The highest BCUT2D eigenvalue weighted by molar-refractivity contribution is 5.82. The SMILES string of the molecule is C=CC1C[CH]CCCC1=O. The fourth-order valence-corrected chi connectivity index (χ4v) is 1.26. The third-order valence-electron chi connectivity index (χ3n) is 1.95. The fourth-order valence-electron chi connectivity index (χ4n) is 1.26. The highest BCUT2D eigenvalue weighted by atomic mass is 16.1. The Morgan fingerprint density at radius 1 is 1.70 bits per heavy atom. The maximum Gasteiger partial charge on any atom is 0.139 e. The number of hydrogen-bond donors (Lipinski definition) is 0. The summed E-state index contributed by atoms with van der Waals surface area (Å²) in [5.41, 5.74) is 0. The van der Waals surface area contributed by atoms with E-state index in [1.54, 1.807) is 6.08 Å². The predicted octanol–water partition coefficient (Wildman–Crippen LogP) is 2.14. The first kappa shape index (κ1) is 7.52. The van der Waals surface area contributed by atoms with E-state index in [1.807, 2.05) is 0 Å². The van der Waals surface area contributed by atoms with E-state index in [0.29, 0.717) is 5.78 Å². The number of allylic oxidation sites excluding steroid dienone is 1. The van der Waals surface area contributed by atoms with Gasteiger partial charge in [-0.1, -0.05) is 6.08 Å². The molecule has 55 valence electrons. The lowest BCUT2D eigenvalue weighted by molar-refractivity contribution is -0.121. The Labute approximate surface area is 62.1 Å². The molecule has 0 aliphatic heterocycles. The van der Waals surface area contributed by atoms with E-state index in [0.717, 1.165) is 25.7 Å². The standard InChI is InChI=1S/C9H13O/c1-2-8-6-4-3-5-7-9(8)10/h2,4,8H,1,3,5-7H2. The highest BCUT2D eigenvalue weighted by Crippen LogP contribution is 2.19. The van der Waals surface area contributed by atoms with Gasteiger partial charge in [0.1, 0.15) is 5.78 Å². The third kappa shape index (κ3) is 1.69. The van der Waals surface area contributed by atoms with Crippen LogP contribution in [0.15, 0.2) is 12.7 Å². The van der Waals surface area contributed by atoms with E-state index in [9.17, 15) is 4.79 Å². The number of carbonyl (C=O) groups excluding carboxylic acids is 1. The van der Waals surface area contributed by atoms with Gasteiger partial charge in [0.05, 0.1) is 0 Å². The zero-order valence-corrected chi connectivity index (χ0v) is 6.18. The molecule has 1 nitrogen and oxygen atoms in total. The third-order valence-corrected chi connectivity index (χ3v) is 1.95. The van der Waals surface area contributed by atoms with Crippen molar-refractivity contribution in [1.29, 1.82) is 0 Å². The van der Waals surface area contributed by atoms with Crippen LogP contribution >= 0.6 is 0 Å². The molecule has 0 aromatic heterocycles. The second kappa shape index (κ2) is 3.55. The molecule has 1 saturated carbocycles. The summed E-state index contributed by atoms with van der Waals surface area (Å²) in [4.78, 5) is 11.2. The Morgan fingerprint density at radius 2 is 2.50 bits per heavy atom. The summed E-state index contributed by atoms with van der Waals surface area (Å²) in [6, 6.07) is 0. The highest BCUT2D eigenvalue weighted by Gasteiger charge is 2.16. The smallest absolute Gasteiger partial charge is 0.139 e. The first-order chi connectivity index (χ1) is 4.84. The van der Waals surface area contributed by atoms with Crippen LogP contribution in [0, 0.1) is 12.3 Å². The maximum absolute atomic E-state index is 11.2. The minimum absolute atomic E-state index is 0.113. The molecular formula is C9H13O. The number of ketones is 1. The van der Waals surface area contributed by atoms with Crippen molar-refractivity contribution in [2.24, 2.45) is 5.92 Å². The Balaban J connectivity index is 2.51. The van der Waals surface area contributed by atoms with Crippen molar-refractivity contribution in [3.8, 4) is 0 Å². The van der Waals surface area contributed by atoms with Crippen LogP contribution < -0.4 is 0 Å². The van der Waals surface area contributed by atoms with Crippen LogP contribution in [0.25, 0.3) is 0 Å². The van der Waals surface area contributed by atoms with Crippen molar-refractivity contribution in [3.05, 3.63) is 19.1 Å². The summed E-state index contributed by atoms with van der Waals surface area (Å²) in [6.07, 6.45) is 7.73. The molecule has 0 heterocycles. The summed E-state index contributed by atoms with van der Waals surface area (Å²) in [5, 5.41) is 0. The minimum atomic E-state index is 0.113. The number of rotatable bonds is 1. The van der Waals surface area contributed by atoms with Crippen molar-refractivity contribution in [2.45, 2.75) is 25.7 Å². The number of Topliss-reactive ketones (excluding diaryl/α,β-unsaturated/α-hetero) is 1. The largest absolute Gasteiger partial charge is 0.299 e. The molecule has 10 heavy (non-hydrogen) atoms. The Kier molecular flexibility index (Phi) is 2.67. The van der Waals surface area contributed by atoms with Gasteiger partial charge in [-0.2, -0.15) is 0 Å². The molecule has 0 aromatic carbocycles. The van der Waals surface area contributed by atoms with Gasteiger partial charge in [0.2, 0.25) is 0 Å². The number of hydrogen-bond acceptors (Lipinski definition) is 1. The Morgan fingerprint density at radius 3 is 3.20 bits per heavy atom. The summed E-state index contributed by atoms with van der Waals surface area (Å²) in [5.74, 6) is 0.478. The van der Waals surface area contributed by atoms with Crippen molar-refractivity contribution in [2.75, 3.05) is 0 Å². The molecule has 1 atom stereocenters. The van der Waals surface area contributed by atoms with Gasteiger partial charge in [0, 0.05) is 12.3 Å². The molecule has 0 aromatic rings. The molecule has 1 radical (unpaired) electrons. The van der Waals surface area contributed by atoms with E-state index in [2.05, 4.69) is 13.0 Å². The summed E-state index contributed by atoms with van der Waals surface area (Å²) in [6.45, 7) is 3.64. The van der Waals surface area contributed by atoms with Gasteiger partial charge in [-0.05, 0) is 25.7 Å². The van der Waals surface area contributed by atoms with Crippen LogP contribution in [0.5, 0.6) is 0 Å². The second-order valence-corrected chi connectivity index (χ2v) is 2.73. The first-order valence-corrected chi connectivity index (χ1v) is 3.81. The summed E-state index contributed by atoms with van der Waals surface area (Å²) in [7, 11) is 0. The van der Waals surface area contributed by atoms with Crippen molar-refractivity contribution in [3.63, 3.8) is 0 Å². The monoisotopic (exact) mass is 137 g/mol. The molecule has 1 fully saturated rings. The van der Waals surface area contributed by atoms with Crippen LogP contribution in [0.3, 0.4) is 0 Å². The average molecular weight is 137 g/mol. The molecule has 1 unspecified atom stereocenters. The van der Waals surface area contributed by atoms with E-state index in [4.69, 9.17) is 0 Å². The molecule has 1 aliphatic rings. The van der Waals surface area contributed by atoms with E-state index in [1.165, 1.54) is 0 Å². The second-order valence-electron chi connectivity index (χ2n) is 2.73. The van der Waals surface area contributed by atoms with Gasteiger partial charge in [-0.3, -0.25) is 4.79 Å². The molecule has 0 saturated heterocycles. The zero-order chi connectivity index (χ0) is 7.40. The van der Waals surface area contributed by atoms with Crippen LogP contribution in [0.2, 0.25) is 0 Å². The average Bonchev–Trinajstić information content (AvgIpc) is 2.13. The molecule has 1 rings (SSSR count). The van der Waals surface area contributed by atoms with Gasteiger partial charge in [-0.25, -0.2) is 0 Å². The van der Waals surface area contributed by atoms with Crippen LogP contribution in [-0.2, 0) is 4.79 Å². The minimum Gasteiger partial charge on any atom is -0.299 e. The zero-order valence-electron chi connectivity index (χ0n) is 6.18. The molecule has 0 bridgehead atoms. The topological polar surface area (TPSA) is 17.1 Å². The van der Waals surface area contributed by atoms with Gasteiger partial charge in [0.25, 0.3) is 0 Å². The predicted molar refractivity (Wildman–Crippen MR) is 41.5 cm³/mol. The van der Waals surface area contributed by atoms with Crippen molar-refractivity contribution < 1.29 is 4.79 Å². The maximum atomic E-state index is 11.2. The quantitative estimate of drug-likeness (QED) is 0.399. The van der Waals surface area contributed by atoms with Crippen LogP contribution in [-0.4, -0.2) is 5.78 Å². The van der Waals surface area contributed by atoms with E-state index in [-0.39, 0.29) is 5.92 Å². The molecular weight excluding hydrogens is 124 g/mol. The van der Waals surface area contributed by atoms with Crippen LogP contribution in [0.4, 0.5) is 0 Å². The van der Waals surface area contributed by atoms with E-state index < -0.39 is 0 Å². The lowest BCUT2D eigenvalue weighted by atomic mass is 10.00. The Bertz CT molecular complexity index is 138. The normalized spacial score (nSPS) is 27.6. The van der Waals surface area contributed by atoms with Crippen LogP contribution in [0.1, 0.15) is 25.7 Å². The van der Waals surface area contributed by atoms with Crippen molar-refractivity contribution in [1.82, 2.24) is 0 Å². The lowest BCUT2D eigenvalue weighted by Crippen LogP contribution is -2.08. The van der Waals surface area contributed by atoms with Crippen molar-refractivity contribution >= 4 is 5.78 Å². The van der Waals surface area contributed by atoms with E-state index >= 15 is 0 Å². The van der Waals surface area contributed by atoms with Gasteiger partial charge in [0.15, 0.2) is 0 Å². The molecule has 0 amide bonds. The summed E-state index contributed by atoms with van der Waals surface area (Å²) >= 11 is 0. The number of carbonyl (C=O) groups is 1. The lowest BCUT2D eigenvalue weighted by Gasteiger charge is -2.04. The molecule has 0 N–H and O–H groups in total. The first-order valence-electron chi connectivity index (χ1n) is 3.81. The fraction of sp³-hybridized carbons (Fsp3) is 0.556.